The fourth-order valence-electron chi connectivity index (χ4n) is 2.29. The number of nitrogens with zero attached hydrogens (tertiary/aromatic N) is 3. The second-order valence-electron chi connectivity index (χ2n) is 5.17. The van der Waals surface area contributed by atoms with E-state index >= 15 is 0 Å². The highest BCUT2D eigenvalue weighted by Gasteiger charge is 2.17. The summed E-state index contributed by atoms with van der Waals surface area (Å²) in [7, 11) is 0. The van der Waals surface area contributed by atoms with E-state index < -0.39 is 0 Å². The van der Waals surface area contributed by atoms with E-state index in [9.17, 15) is 4.79 Å². The monoisotopic (exact) mass is 339 g/mol. The smallest absolute Gasteiger partial charge is 0.220 e. The van der Waals surface area contributed by atoms with Gasteiger partial charge in [-0.2, -0.15) is 0 Å². The summed E-state index contributed by atoms with van der Waals surface area (Å²) in [6.07, 6.45) is 3.24. The third-order valence-corrected chi connectivity index (χ3v) is 4.28. The van der Waals surface area contributed by atoms with Gasteiger partial charge in [-0.15, -0.1) is 5.10 Å². The molecule has 1 aliphatic rings. The highest BCUT2D eigenvalue weighted by atomic mass is 35.5. The number of halogens is 2. The van der Waals surface area contributed by atoms with Crippen molar-refractivity contribution in [1.82, 2.24) is 25.6 Å². The standard InChI is InChI=1S/C14H15Cl2N5O/c15-12-3-2-11(5-13(12)16)21-8-10(19-20-21)7-17-9-1-4-14(22)18-6-9/h2-3,5,8-9,17H,1,4,6-7H2,(H,18,22)/t9-/m1/s1. The van der Waals surface area contributed by atoms with Crippen molar-refractivity contribution >= 4 is 29.1 Å². The molecule has 22 heavy (non-hydrogen) atoms. The lowest BCUT2D eigenvalue weighted by molar-refractivity contribution is -0.122. The van der Waals surface area contributed by atoms with Gasteiger partial charge in [-0.25, -0.2) is 4.68 Å². The van der Waals surface area contributed by atoms with E-state index in [4.69, 9.17) is 23.2 Å². The third-order valence-electron chi connectivity index (χ3n) is 3.55. The molecule has 2 N–H and O–H groups in total. The third kappa shape index (κ3) is 3.58. The molecule has 116 valence electrons. The van der Waals surface area contributed by atoms with Crippen molar-refractivity contribution in [2.75, 3.05) is 6.54 Å². The number of hydrogen-bond donors (Lipinski definition) is 2. The van der Waals surface area contributed by atoms with E-state index in [2.05, 4.69) is 20.9 Å². The Labute approximate surface area is 137 Å². The molecule has 0 unspecified atom stereocenters. The van der Waals surface area contributed by atoms with Gasteiger partial charge in [-0.3, -0.25) is 4.79 Å². The molecule has 3 rings (SSSR count). The molecule has 1 atom stereocenters. The zero-order chi connectivity index (χ0) is 15.5. The minimum atomic E-state index is 0.114. The fraction of sp³-hybridized carbons (Fsp3) is 0.357. The van der Waals surface area contributed by atoms with Gasteiger partial charge in [0.1, 0.15) is 0 Å². The molecule has 0 bridgehead atoms. The van der Waals surface area contributed by atoms with E-state index in [-0.39, 0.29) is 11.9 Å². The van der Waals surface area contributed by atoms with Crippen LogP contribution in [0.15, 0.2) is 24.4 Å². The van der Waals surface area contributed by atoms with Crippen LogP contribution in [0.3, 0.4) is 0 Å². The van der Waals surface area contributed by atoms with Gasteiger partial charge < -0.3 is 10.6 Å². The number of amides is 1. The number of carbonyl (C=O) groups excluding carboxylic acids is 1. The number of benzene rings is 1. The molecule has 1 saturated heterocycles. The largest absolute Gasteiger partial charge is 0.355 e. The Balaban J connectivity index is 1.61. The number of piperidine rings is 1. The maximum absolute atomic E-state index is 11.1. The Hall–Kier alpha value is -1.63. The van der Waals surface area contributed by atoms with E-state index in [1.165, 1.54) is 0 Å². The lowest BCUT2D eigenvalue weighted by Crippen LogP contribution is -2.45. The maximum Gasteiger partial charge on any atom is 0.220 e. The van der Waals surface area contributed by atoms with E-state index in [0.29, 0.717) is 29.6 Å². The Kier molecular flexibility index (Phi) is 4.61. The normalized spacial score (nSPS) is 18.3. The number of carbonyl (C=O) groups is 1. The molecule has 0 spiro atoms. The van der Waals surface area contributed by atoms with Gasteiger partial charge in [0, 0.05) is 25.6 Å². The molecule has 1 aromatic carbocycles. The lowest BCUT2D eigenvalue weighted by Gasteiger charge is -2.22. The minimum Gasteiger partial charge on any atom is -0.355 e. The molecule has 2 heterocycles. The van der Waals surface area contributed by atoms with E-state index in [1.807, 2.05) is 12.3 Å². The first-order valence-electron chi connectivity index (χ1n) is 6.98. The quantitative estimate of drug-likeness (QED) is 0.892. The van der Waals surface area contributed by atoms with Crippen LogP contribution in [0.4, 0.5) is 0 Å². The van der Waals surface area contributed by atoms with Crippen molar-refractivity contribution in [1.29, 1.82) is 0 Å². The molecule has 0 aliphatic carbocycles. The molecule has 0 radical (unpaired) electrons. The summed E-state index contributed by atoms with van der Waals surface area (Å²) >= 11 is 11.9. The van der Waals surface area contributed by atoms with Gasteiger partial charge in [0.05, 0.1) is 27.6 Å². The van der Waals surface area contributed by atoms with Crippen LogP contribution in [-0.4, -0.2) is 33.5 Å². The highest BCUT2D eigenvalue weighted by Crippen LogP contribution is 2.24. The first-order valence-corrected chi connectivity index (χ1v) is 7.74. The maximum atomic E-state index is 11.1. The molecule has 8 heteroatoms. The van der Waals surface area contributed by atoms with Crippen LogP contribution >= 0.6 is 23.2 Å². The molecule has 1 amide bonds. The summed E-state index contributed by atoms with van der Waals surface area (Å²) < 4.78 is 1.65. The Morgan fingerprint density at radius 3 is 2.95 bits per heavy atom. The summed E-state index contributed by atoms with van der Waals surface area (Å²) in [6.45, 7) is 1.25. The van der Waals surface area contributed by atoms with Crippen LogP contribution < -0.4 is 10.6 Å². The average molecular weight is 340 g/mol. The molecule has 1 fully saturated rings. The molecule has 1 aromatic heterocycles. The van der Waals surface area contributed by atoms with Crippen LogP contribution in [0.1, 0.15) is 18.5 Å². The van der Waals surface area contributed by atoms with Crippen LogP contribution in [0.25, 0.3) is 5.69 Å². The van der Waals surface area contributed by atoms with Gasteiger partial charge in [0.25, 0.3) is 0 Å². The number of nitrogens with one attached hydrogen (secondary N) is 2. The van der Waals surface area contributed by atoms with Crippen LogP contribution in [-0.2, 0) is 11.3 Å². The summed E-state index contributed by atoms with van der Waals surface area (Å²) in [5.41, 5.74) is 1.63. The molecule has 2 aromatic rings. The van der Waals surface area contributed by atoms with Crippen LogP contribution in [0, 0.1) is 0 Å². The predicted molar refractivity (Wildman–Crippen MR) is 84.3 cm³/mol. The topological polar surface area (TPSA) is 71.8 Å². The molecule has 1 aliphatic heterocycles. The molecule has 6 nitrogen and oxygen atoms in total. The Morgan fingerprint density at radius 1 is 1.36 bits per heavy atom. The van der Waals surface area contributed by atoms with Crippen molar-refractivity contribution in [2.45, 2.75) is 25.4 Å². The summed E-state index contributed by atoms with van der Waals surface area (Å²) in [5.74, 6) is 0.114. The van der Waals surface area contributed by atoms with Crippen LogP contribution in [0.5, 0.6) is 0 Å². The molecular weight excluding hydrogens is 325 g/mol. The Bertz CT molecular complexity index is 678. The van der Waals surface area contributed by atoms with Crippen LogP contribution in [0.2, 0.25) is 10.0 Å². The minimum absolute atomic E-state index is 0.114. The summed E-state index contributed by atoms with van der Waals surface area (Å²) in [5, 5.41) is 15.4. The van der Waals surface area contributed by atoms with Crippen molar-refractivity contribution in [3.63, 3.8) is 0 Å². The number of rotatable bonds is 4. The average Bonchev–Trinajstić information content (AvgIpc) is 2.98. The van der Waals surface area contributed by atoms with Crippen molar-refractivity contribution in [3.8, 4) is 5.69 Å². The second kappa shape index (κ2) is 6.64. The fourth-order valence-corrected chi connectivity index (χ4v) is 2.58. The van der Waals surface area contributed by atoms with Gasteiger partial charge in [0.2, 0.25) is 5.91 Å². The zero-order valence-electron chi connectivity index (χ0n) is 11.7. The zero-order valence-corrected chi connectivity index (χ0v) is 13.2. The van der Waals surface area contributed by atoms with Gasteiger partial charge in [0.15, 0.2) is 0 Å². The van der Waals surface area contributed by atoms with Gasteiger partial charge in [-0.1, -0.05) is 28.4 Å². The number of hydrogen-bond acceptors (Lipinski definition) is 4. The first-order chi connectivity index (χ1) is 10.6. The van der Waals surface area contributed by atoms with Crippen molar-refractivity contribution < 1.29 is 4.79 Å². The predicted octanol–water partition coefficient (Wildman–Crippen LogP) is 1.94. The first kappa shape index (κ1) is 15.3. The van der Waals surface area contributed by atoms with E-state index in [0.717, 1.165) is 17.8 Å². The summed E-state index contributed by atoms with van der Waals surface area (Å²) in [6, 6.07) is 5.57. The van der Waals surface area contributed by atoms with Crippen molar-refractivity contribution in [2.24, 2.45) is 0 Å². The number of aromatic nitrogens is 3. The second-order valence-corrected chi connectivity index (χ2v) is 5.99. The summed E-state index contributed by atoms with van der Waals surface area (Å²) in [4.78, 5) is 11.1. The molecule has 0 saturated carbocycles. The Morgan fingerprint density at radius 2 is 2.23 bits per heavy atom. The molecular formula is C14H15Cl2N5O. The SMILES string of the molecule is O=C1CC[C@@H](NCc2cn(-c3ccc(Cl)c(Cl)c3)nn2)CN1. The highest BCUT2D eigenvalue weighted by molar-refractivity contribution is 6.42. The van der Waals surface area contributed by atoms with Gasteiger partial charge >= 0.3 is 0 Å². The van der Waals surface area contributed by atoms with Crippen molar-refractivity contribution in [3.05, 3.63) is 40.1 Å². The van der Waals surface area contributed by atoms with E-state index in [1.54, 1.807) is 16.8 Å². The van der Waals surface area contributed by atoms with Gasteiger partial charge in [-0.05, 0) is 24.6 Å². The lowest BCUT2D eigenvalue weighted by atomic mass is 10.1.